The van der Waals surface area contributed by atoms with Crippen molar-refractivity contribution < 1.29 is 4.79 Å². The van der Waals surface area contributed by atoms with Crippen LogP contribution in [0.5, 0.6) is 0 Å². The Balaban J connectivity index is 1.46. The fourth-order valence-corrected chi connectivity index (χ4v) is 3.37. The molecular formula is C20H23N7O. The van der Waals surface area contributed by atoms with Crippen LogP contribution in [-0.2, 0) is 7.05 Å². The summed E-state index contributed by atoms with van der Waals surface area (Å²) in [5, 5.41) is 7.37. The molecule has 1 aliphatic rings. The lowest BCUT2D eigenvalue weighted by Crippen LogP contribution is -2.38. The minimum Gasteiger partial charge on any atom is -0.339 e. The fourth-order valence-electron chi connectivity index (χ4n) is 3.37. The molecule has 0 unspecified atom stereocenters. The number of urea groups is 1. The van der Waals surface area contributed by atoms with Crippen LogP contribution >= 0.6 is 0 Å². The second-order valence-corrected chi connectivity index (χ2v) is 6.70. The van der Waals surface area contributed by atoms with Gasteiger partial charge in [0, 0.05) is 51.2 Å². The van der Waals surface area contributed by atoms with Gasteiger partial charge in [-0.1, -0.05) is 30.3 Å². The van der Waals surface area contributed by atoms with Gasteiger partial charge in [0.15, 0.2) is 0 Å². The van der Waals surface area contributed by atoms with Crippen LogP contribution in [0.1, 0.15) is 6.42 Å². The maximum Gasteiger partial charge on any atom is 0.323 e. The Morgan fingerprint density at radius 2 is 1.79 bits per heavy atom. The van der Waals surface area contributed by atoms with Crippen molar-refractivity contribution in [2.24, 2.45) is 7.05 Å². The average Bonchev–Trinajstić information content (AvgIpc) is 2.95. The number of rotatable bonds is 3. The molecule has 0 atom stereocenters. The van der Waals surface area contributed by atoms with E-state index in [0.717, 1.165) is 24.1 Å². The predicted octanol–water partition coefficient (Wildman–Crippen LogP) is 2.62. The van der Waals surface area contributed by atoms with Crippen LogP contribution in [0.4, 0.5) is 16.6 Å². The summed E-state index contributed by atoms with van der Waals surface area (Å²) in [6, 6.07) is 11.6. The van der Waals surface area contributed by atoms with Crippen LogP contribution in [0.25, 0.3) is 11.1 Å². The van der Waals surface area contributed by atoms with Gasteiger partial charge in [0.25, 0.3) is 0 Å². The molecule has 1 N–H and O–H groups in total. The van der Waals surface area contributed by atoms with Gasteiger partial charge in [-0.2, -0.15) is 5.10 Å². The van der Waals surface area contributed by atoms with E-state index in [2.05, 4.69) is 25.3 Å². The van der Waals surface area contributed by atoms with Crippen molar-refractivity contribution in [3.8, 4) is 11.1 Å². The Bertz CT molecular complexity index is 926. The van der Waals surface area contributed by atoms with Gasteiger partial charge in [0.1, 0.15) is 5.82 Å². The number of nitrogens with one attached hydrogen (secondary N) is 1. The van der Waals surface area contributed by atoms with E-state index in [1.54, 1.807) is 29.3 Å². The average molecular weight is 377 g/mol. The molecule has 0 spiro atoms. The second-order valence-electron chi connectivity index (χ2n) is 6.70. The summed E-state index contributed by atoms with van der Waals surface area (Å²) in [4.78, 5) is 25.5. The molecule has 0 saturated carbocycles. The number of hydrogen-bond donors (Lipinski definition) is 1. The molecule has 8 nitrogen and oxygen atoms in total. The van der Waals surface area contributed by atoms with E-state index in [9.17, 15) is 4.79 Å². The zero-order valence-electron chi connectivity index (χ0n) is 15.8. The molecule has 8 heteroatoms. The second kappa shape index (κ2) is 8.08. The first-order chi connectivity index (χ1) is 13.7. The molecule has 2 amide bonds. The van der Waals surface area contributed by atoms with Crippen LogP contribution in [0, 0.1) is 0 Å². The lowest BCUT2D eigenvalue weighted by Gasteiger charge is -2.22. The van der Waals surface area contributed by atoms with Gasteiger partial charge in [-0.3, -0.25) is 10.00 Å². The standard InChI is InChI=1S/C20H23N7O/c1-25-18(17(15-23-25)16-7-3-2-4-8-16)24-20(28)27-12-6-11-26(13-14-27)19-21-9-5-10-22-19/h2-5,7-10,15H,6,11-14H2,1H3,(H,24,28). The van der Waals surface area contributed by atoms with E-state index in [-0.39, 0.29) is 6.03 Å². The first-order valence-electron chi connectivity index (χ1n) is 9.37. The third-order valence-electron chi connectivity index (χ3n) is 4.87. The number of aryl methyl sites for hydroxylation is 1. The van der Waals surface area contributed by atoms with E-state index in [4.69, 9.17) is 0 Å². The monoisotopic (exact) mass is 377 g/mol. The third-order valence-corrected chi connectivity index (χ3v) is 4.87. The van der Waals surface area contributed by atoms with E-state index in [0.29, 0.717) is 31.4 Å². The van der Waals surface area contributed by atoms with Crippen LogP contribution in [0.15, 0.2) is 55.0 Å². The van der Waals surface area contributed by atoms with Crippen molar-refractivity contribution in [1.82, 2.24) is 24.6 Å². The molecule has 1 saturated heterocycles. The van der Waals surface area contributed by atoms with E-state index >= 15 is 0 Å². The zero-order valence-corrected chi connectivity index (χ0v) is 15.8. The number of amides is 2. The largest absolute Gasteiger partial charge is 0.339 e. The minimum atomic E-state index is -0.114. The van der Waals surface area contributed by atoms with Crippen molar-refractivity contribution in [3.63, 3.8) is 0 Å². The molecule has 2 aromatic heterocycles. The summed E-state index contributed by atoms with van der Waals surface area (Å²) in [5.41, 5.74) is 1.93. The van der Waals surface area contributed by atoms with E-state index in [1.807, 2.05) is 42.3 Å². The van der Waals surface area contributed by atoms with Gasteiger partial charge < -0.3 is 9.80 Å². The Labute approximate surface area is 163 Å². The van der Waals surface area contributed by atoms with Gasteiger partial charge >= 0.3 is 6.03 Å². The molecule has 3 heterocycles. The Morgan fingerprint density at radius 3 is 2.57 bits per heavy atom. The van der Waals surface area contributed by atoms with Gasteiger partial charge in [-0.15, -0.1) is 0 Å². The fraction of sp³-hybridized carbons (Fsp3) is 0.300. The van der Waals surface area contributed by atoms with Crippen LogP contribution < -0.4 is 10.2 Å². The Hall–Kier alpha value is -3.42. The zero-order chi connectivity index (χ0) is 19.3. The highest BCUT2D eigenvalue weighted by atomic mass is 16.2. The maximum atomic E-state index is 12.9. The lowest BCUT2D eigenvalue weighted by atomic mass is 10.1. The minimum absolute atomic E-state index is 0.114. The molecule has 1 aliphatic heterocycles. The number of nitrogens with zero attached hydrogens (tertiary/aromatic N) is 6. The smallest absolute Gasteiger partial charge is 0.323 e. The number of carbonyl (C=O) groups is 1. The third kappa shape index (κ3) is 3.80. The molecule has 0 radical (unpaired) electrons. The lowest BCUT2D eigenvalue weighted by molar-refractivity contribution is 0.215. The van der Waals surface area contributed by atoms with Crippen molar-refractivity contribution in [2.75, 3.05) is 36.4 Å². The molecule has 144 valence electrons. The summed E-state index contributed by atoms with van der Waals surface area (Å²) < 4.78 is 1.70. The van der Waals surface area contributed by atoms with Gasteiger partial charge in [0.2, 0.25) is 5.95 Å². The molecular weight excluding hydrogens is 354 g/mol. The molecule has 4 rings (SSSR count). The van der Waals surface area contributed by atoms with Crippen molar-refractivity contribution in [3.05, 3.63) is 55.0 Å². The Morgan fingerprint density at radius 1 is 1.00 bits per heavy atom. The van der Waals surface area contributed by atoms with Crippen molar-refractivity contribution in [2.45, 2.75) is 6.42 Å². The van der Waals surface area contributed by atoms with Crippen LogP contribution in [0.2, 0.25) is 0 Å². The van der Waals surface area contributed by atoms with Crippen LogP contribution in [0.3, 0.4) is 0 Å². The summed E-state index contributed by atoms with van der Waals surface area (Å²) in [6.45, 7) is 2.83. The van der Waals surface area contributed by atoms with E-state index in [1.165, 1.54) is 0 Å². The van der Waals surface area contributed by atoms with Crippen LogP contribution in [-0.4, -0.2) is 56.9 Å². The maximum absolute atomic E-state index is 12.9. The van der Waals surface area contributed by atoms with Crippen molar-refractivity contribution >= 4 is 17.8 Å². The molecule has 1 fully saturated rings. The number of hydrogen-bond acceptors (Lipinski definition) is 5. The highest BCUT2D eigenvalue weighted by Crippen LogP contribution is 2.27. The number of anilines is 2. The topological polar surface area (TPSA) is 79.2 Å². The quantitative estimate of drug-likeness (QED) is 0.759. The summed E-state index contributed by atoms with van der Waals surface area (Å²) in [7, 11) is 1.83. The number of aromatic nitrogens is 4. The molecule has 3 aromatic rings. The predicted molar refractivity (Wildman–Crippen MR) is 108 cm³/mol. The molecule has 0 aliphatic carbocycles. The summed E-state index contributed by atoms with van der Waals surface area (Å²) in [5.74, 6) is 1.41. The normalized spacial score (nSPS) is 14.6. The number of carbonyl (C=O) groups excluding carboxylic acids is 1. The van der Waals surface area contributed by atoms with Crippen molar-refractivity contribution in [1.29, 1.82) is 0 Å². The van der Waals surface area contributed by atoms with Gasteiger partial charge in [-0.05, 0) is 18.1 Å². The van der Waals surface area contributed by atoms with Gasteiger partial charge in [-0.25, -0.2) is 14.8 Å². The Kier molecular flexibility index (Phi) is 5.18. The highest BCUT2D eigenvalue weighted by Gasteiger charge is 2.22. The van der Waals surface area contributed by atoms with E-state index < -0.39 is 0 Å². The first-order valence-corrected chi connectivity index (χ1v) is 9.37. The summed E-state index contributed by atoms with van der Waals surface area (Å²) in [6.07, 6.45) is 6.13. The summed E-state index contributed by atoms with van der Waals surface area (Å²) >= 11 is 0. The molecule has 28 heavy (non-hydrogen) atoms. The highest BCUT2D eigenvalue weighted by molar-refractivity contribution is 5.93. The number of benzene rings is 1. The molecule has 1 aromatic carbocycles. The van der Waals surface area contributed by atoms with Gasteiger partial charge in [0.05, 0.1) is 6.20 Å². The molecule has 0 bridgehead atoms. The SMILES string of the molecule is Cn1ncc(-c2ccccc2)c1NC(=O)N1CCCN(c2ncccn2)CC1. The first kappa shape index (κ1) is 18.0.